The fraction of sp³-hybridized carbons (Fsp3) is 0.355. The molecule has 0 bridgehead atoms. The van der Waals surface area contributed by atoms with Gasteiger partial charge < -0.3 is 20.6 Å². The molecule has 2 fully saturated rings. The highest BCUT2D eigenvalue weighted by Crippen LogP contribution is 2.31. The number of carbonyl (C=O) groups is 3. The van der Waals surface area contributed by atoms with E-state index in [1.165, 1.54) is 37.2 Å². The van der Waals surface area contributed by atoms with Crippen LogP contribution in [-0.2, 0) is 4.79 Å². The molecule has 1 aromatic heterocycles. The summed E-state index contributed by atoms with van der Waals surface area (Å²) in [4.78, 5) is 47.8. The number of carbonyl (C=O) groups excluding carboxylic acids is 3. The number of phenolic OH excluding ortho intramolecular Hbond substituents is 1. The molecule has 1 unspecified atom stereocenters. The number of nitrogens with zero attached hydrogens (tertiary/aromatic N) is 3. The number of piperidine rings is 1. The minimum Gasteiger partial charge on any atom is -0.506 e. The maximum atomic E-state index is 13.3. The van der Waals surface area contributed by atoms with Crippen molar-refractivity contribution in [3.8, 4) is 5.75 Å². The second kappa shape index (κ2) is 14.0. The topological polar surface area (TPSA) is 115 Å². The van der Waals surface area contributed by atoms with Crippen LogP contribution in [0.4, 0.5) is 11.5 Å². The van der Waals surface area contributed by atoms with Crippen LogP contribution >= 0.6 is 24.0 Å². The number of pyridine rings is 1. The quantitative estimate of drug-likeness (QED) is 0.287. The molecule has 0 aliphatic carbocycles. The van der Waals surface area contributed by atoms with E-state index < -0.39 is 11.8 Å². The molecule has 2 aliphatic rings. The van der Waals surface area contributed by atoms with Gasteiger partial charge in [-0.3, -0.25) is 19.3 Å². The van der Waals surface area contributed by atoms with Crippen molar-refractivity contribution in [1.82, 2.24) is 14.8 Å². The van der Waals surface area contributed by atoms with Gasteiger partial charge in [-0.25, -0.2) is 4.98 Å². The molecule has 42 heavy (non-hydrogen) atoms. The number of hydrogen-bond acceptors (Lipinski definition) is 6. The Labute approximate surface area is 256 Å². The first-order valence-electron chi connectivity index (χ1n) is 14.0. The summed E-state index contributed by atoms with van der Waals surface area (Å²) in [6, 6.07) is 15.1. The molecule has 2 aliphatic heterocycles. The van der Waals surface area contributed by atoms with Crippen LogP contribution in [0, 0.1) is 0 Å². The first-order chi connectivity index (χ1) is 19.8. The summed E-state index contributed by atoms with van der Waals surface area (Å²) in [5.41, 5.74) is 1.27. The molecule has 0 spiro atoms. The van der Waals surface area contributed by atoms with E-state index in [-0.39, 0.29) is 47.1 Å². The Hall–Kier alpha value is -3.66. The SMILES string of the molecule is C[C@H]1CCCN1CCN1CCCC(c2ccc(C(=O)Nc3c(O)cccc3C(=O)Nc3ccc(Cl)cn3)cc2)C1=O.Cl. The van der Waals surface area contributed by atoms with Crippen LogP contribution in [0.25, 0.3) is 0 Å². The monoisotopic (exact) mass is 611 g/mol. The number of hydrogen-bond donors (Lipinski definition) is 3. The summed E-state index contributed by atoms with van der Waals surface area (Å²) in [5.74, 6) is -1.11. The van der Waals surface area contributed by atoms with Crippen molar-refractivity contribution in [2.75, 3.05) is 36.8 Å². The smallest absolute Gasteiger partial charge is 0.259 e. The van der Waals surface area contributed by atoms with E-state index in [0.29, 0.717) is 16.6 Å². The third-order valence-electron chi connectivity index (χ3n) is 7.95. The van der Waals surface area contributed by atoms with Crippen LogP contribution in [-0.4, -0.2) is 69.8 Å². The van der Waals surface area contributed by atoms with Crippen molar-refractivity contribution < 1.29 is 19.5 Å². The zero-order chi connectivity index (χ0) is 28.9. The Bertz CT molecular complexity index is 1420. The number of phenols is 1. The predicted molar refractivity (Wildman–Crippen MR) is 166 cm³/mol. The molecule has 0 radical (unpaired) electrons. The van der Waals surface area contributed by atoms with Crippen LogP contribution in [0.2, 0.25) is 5.02 Å². The number of anilines is 2. The third kappa shape index (κ3) is 7.21. The number of aromatic hydroxyl groups is 1. The minimum absolute atomic E-state index is 0. The maximum absolute atomic E-state index is 13.3. The number of benzene rings is 2. The van der Waals surface area contributed by atoms with Gasteiger partial charge in [0.1, 0.15) is 11.6 Å². The molecule has 9 nitrogen and oxygen atoms in total. The fourth-order valence-corrected chi connectivity index (χ4v) is 5.70. The highest BCUT2D eigenvalue weighted by atomic mass is 35.5. The number of nitrogens with one attached hydrogen (secondary N) is 2. The lowest BCUT2D eigenvalue weighted by Crippen LogP contribution is -2.44. The van der Waals surface area contributed by atoms with E-state index in [1.807, 2.05) is 17.0 Å². The van der Waals surface area contributed by atoms with E-state index in [1.54, 1.807) is 24.3 Å². The van der Waals surface area contributed by atoms with Crippen LogP contribution in [0.5, 0.6) is 5.75 Å². The number of rotatable bonds is 8. The van der Waals surface area contributed by atoms with Crippen molar-refractivity contribution >= 4 is 53.2 Å². The number of aromatic nitrogens is 1. The summed E-state index contributed by atoms with van der Waals surface area (Å²) < 4.78 is 0. The summed E-state index contributed by atoms with van der Waals surface area (Å²) in [7, 11) is 0. The fourth-order valence-electron chi connectivity index (χ4n) is 5.59. The van der Waals surface area contributed by atoms with Crippen LogP contribution in [0.3, 0.4) is 0 Å². The van der Waals surface area contributed by atoms with Crippen LogP contribution in [0.15, 0.2) is 60.8 Å². The number of likely N-dealkylation sites (tertiary alicyclic amines) is 2. The molecule has 222 valence electrons. The summed E-state index contributed by atoms with van der Waals surface area (Å²) in [6.07, 6.45) is 5.56. The van der Waals surface area contributed by atoms with Gasteiger partial charge >= 0.3 is 0 Å². The van der Waals surface area contributed by atoms with Gasteiger partial charge in [-0.15, -0.1) is 12.4 Å². The number of halogens is 2. The predicted octanol–water partition coefficient (Wildman–Crippen LogP) is 5.56. The van der Waals surface area contributed by atoms with Gasteiger partial charge in [0.2, 0.25) is 5.91 Å². The molecule has 3 heterocycles. The van der Waals surface area contributed by atoms with Crippen molar-refractivity contribution in [3.63, 3.8) is 0 Å². The molecule has 5 rings (SSSR count). The van der Waals surface area contributed by atoms with Gasteiger partial charge in [0, 0.05) is 37.4 Å². The summed E-state index contributed by atoms with van der Waals surface area (Å²) >= 11 is 5.86. The molecule has 3 aromatic rings. The lowest BCUT2D eigenvalue weighted by Gasteiger charge is -2.34. The summed E-state index contributed by atoms with van der Waals surface area (Å²) in [6.45, 7) is 5.77. The van der Waals surface area contributed by atoms with Crippen molar-refractivity contribution in [2.24, 2.45) is 0 Å². The molecule has 3 amide bonds. The molecular weight excluding hydrogens is 577 g/mol. The highest BCUT2D eigenvalue weighted by Gasteiger charge is 2.31. The van der Waals surface area contributed by atoms with Crippen LogP contribution in [0.1, 0.15) is 64.8 Å². The van der Waals surface area contributed by atoms with E-state index >= 15 is 0 Å². The number of amides is 3. The largest absolute Gasteiger partial charge is 0.506 e. The Morgan fingerprint density at radius 2 is 1.74 bits per heavy atom. The van der Waals surface area contributed by atoms with E-state index in [2.05, 4.69) is 27.4 Å². The lowest BCUT2D eigenvalue weighted by atomic mass is 9.89. The molecule has 2 atom stereocenters. The van der Waals surface area contributed by atoms with Gasteiger partial charge in [0.25, 0.3) is 11.8 Å². The van der Waals surface area contributed by atoms with Gasteiger partial charge in [-0.05, 0) is 81.1 Å². The van der Waals surface area contributed by atoms with Crippen molar-refractivity contribution in [1.29, 1.82) is 0 Å². The van der Waals surface area contributed by atoms with E-state index in [4.69, 9.17) is 11.6 Å². The zero-order valence-corrected chi connectivity index (χ0v) is 25.0. The van der Waals surface area contributed by atoms with Gasteiger partial charge in [-0.1, -0.05) is 29.8 Å². The average Bonchev–Trinajstić information content (AvgIpc) is 3.39. The Balaban J connectivity index is 0.00000405. The molecular formula is C31H35Cl2N5O4. The molecule has 0 saturated carbocycles. The average molecular weight is 613 g/mol. The van der Waals surface area contributed by atoms with E-state index in [9.17, 15) is 19.5 Å². The second-order valence-electron chi connectivity index (χ2n) is 10.6. The molecule has 11 heteroatoms. The standard InChI is InChI=1S/C31H34ClN5O4.ClH/c1-20-5-3-15-36(20)17-18-37-16-4-7-24(31(37)41)21-9-11-22(12-10-21)29(39)35-28-25(6-2-8-26(28)38)30(40)34-27-14-13-23(32)19-33-27;/h2,6,8-14,19-20,24,38H,3-5,7,15-18H2,1H3,(H,35,39)(H,33,34,40);1H/t20-,24?;/m0./s1. The molecule has 2 aromatic carbocycles. The molecule has 3 N–H and O–H groups in total. The van der Waals surface area contributed by atoms with Gasteiger partial charge in [0.15, 0.2) is 0 Å². The Morgan fingerprint density at radius 1 is 0.976 bits per heavy atom. The van der Waals surface area contributed by atoms with Gasteiger partial charge in [0.05, 0.1) is 22.2 Å². The Kier molecular flexibility index (Phi) is 10.4. The zero-order valence-electron chi connectivity index (χ0n) is 23.4. The minimum atomic E-state index is -0.555. The first-order valence-corrected chi connectivity index (χ1v) is 14.4. The van der Waals surface area contributed by atoms with Crippen molar-refractivity contribution in [3.05, 3.63) is 82.5 Å². The van der Waals surface area contributed by atoms with Crippen LogP contribution < -0.4 is 10.6 Å². The lowest BCUT2D eigenvalue weighted by molar-refractivity contribution is -0.135. The maximum Gasteiger partial charge on any atom is 0.259 e. The van der Waals surface area contributed by atoms with Gasteiger partial charge in [-0.2, -0.15) is 0 Å². The Morgan fingerprint density at radius 3 is 2.43 bits per heavy atom. The normalized spacial score (nSPS) is 18.8. The van der Waals surface area contributed by atoms with Crippen molar-refractivity contribution in [2.45, 2.75) is 44.6 Å². The highest BCUT2D eigenvalue weighted by molar-refractivity contribution is 6.30. The third-order valence-corrected chi connectivity index (χ3v) is 8.17. The number of para-hydroxylation sites is 1. The second-order valence-corrected chi connectivity index (χ2v) is 11.1. The first kappa shape index (κ1) is 31.3. The summed E-state index contributed by atoms with van der Waals surface area (Å²) in [5, 5.41) is 16.2. The van der Waals surface area contributed by atoms with E-state index in [0.717, 1.165) is 44.6 Å². The molecule has 2 saturated heterocycles.